The molecule has 6 heteroatoms. The number of ether oxygens (including phenoxy) is 1. The van der Waals surface area contributed by atoms with Crippen LogP contribution >= 0.6 is 11.3 Å². The molecule has 0 radical (unpaired) electrons. The number of nitrogens with zero attached hydrogens (tertiary/aromatic N) is 3. The van der Waals surface area contributed by atoms with E-state index in [9.17, 15) is 4.79 Å². The lowest BCUT2D eigenvalue weighted by molar-refractivity contribution is 0.341. The standard InChI is InChI=1S/C15H11N3O2S/c1-2-20-9-5-6-11-12(8-9)21-15-17-14(19)10-4-3-7-16-13(10)18(11)15/h3-8H,2H2,1H3. The van der Waals surface area contributed by atoms with Crippen LogP contribution in [0.1, 0.15) is 6.92 Å². The van der Waals surface area contributed by atoms with Gasteiger partial charge in [0.05, 0.1) is 22.2 Å². The summed E-state index contributed by atoms with van der Waals surface area (Å²) in [6, 6.07) is 9.37. The monoisotopic (exact) mass is 297 g/mol. The van der Waals surface area contributed by atoms with Gasteiger partial charge in [-0.1, -0.05) is 11.3 Å². The van der Waals surface area contributed by atoms with Gasteiger partial charge < -0.3 is 4.74 Å². The van der Waals surface area contributed by atoms with Gasteiger partial charge in [0.15, 0.2) is 10.6 Å². The third-order valence-corrected chi connectivity index (χ3v) is 4.31. The molecular formula is C15H11N3O2S. The molecule has 21 heavy (non-hydrogen) atoms. The molecule has 0 aliphatic carbocycles. The van der Waals surface area contributed by atoms with Crippen LogP contribution in [-0.2, 0) is 0 Å². The Bertz CT molecular complexity index is 1040. The second kappa shape index (κ2) is 4.53. The summed E-state index contributed by atoms with van der Waals surface area (Å²) in [7, 11) is 0. The molecule has 0 N–H and O–H groups in total. The highest BCUT2D eigenvalue weighted by molar-refractivity contribution is 7.23. The first-order valence-corrected chi connectivity index (χ1v) is 7.42. The van der Waals surface area contributed by atoms with Crippen molar-refractivity contribution in [2.75, 3.05) is 6.61 Å². The van der Waals surface area contributed by atoms with Crippen molar-refractivity contribution >= 4 is 37.5 Å². The van der Waals surface area contributed by atoms with Gasteiger partial charge in [-0.25, -0.2) is 4.98 Å². The van der Waals surface area contributed by atoms with Crippen molar-refractivity contribution in [3.8, 4) is 5.75 Å². The van der Waals surface area contributed by atoms with Crippen LogP contribution in [0, 0.1) is 0 Å². The second-order valence-electron chi connectivity index (χ2n) is 4.57. The Morgan fingerprint density at radius 1 is 1.33 bits per heavy atom. The average molecular weight is 297 g/mol. The summed E-state index contributed by atoms with van der Waals surface area (Å²) < 4.78 is 8.46. The van der Waals surface area contributed by atoms with Crippen molar-refractivity contribution in [1.82, 2.24) is 14.4 Å². The number of aromatic nitrogens is 3. The molecule has 3 aromatic heterocycles. The van der Waals surface area contributed by atoms with Crippen molar-refractivity contribution in [2.45, 2.75) is 6.92 Å². The van der Waals surface area contributed by atoms with Crippen molar-refractivity contribution in [2.24, 2.45) is 0 Å². The smallest absolute Gasteiger partial charge is 0.283 e. The predicted molar refractivity (Wildman–Crippen MR) is 83.3 cm³/mol. The maximum atomic E-state index is 12.1. The highest BCUT2D eigenvalue weighted by Crippen LogP contribution is 2.30. The molecular weight excluding hydrogens is 286 g/mol. The van der Waals surface area contributed by atoms with Gasteiger partial charge in [0, 0.05) is 6.20 Å². The topological polar surface area (TPSA) is 56.5 Å². The average Bonchev–Trinajstić information content (AvgIpc) is 2.85. The van der Waals surface area contributed by atoms with E-state index >= 15 is 0 Å². The van der Waals surface area contributed by atoms with Crippen LogP contribution in [-0.4, -0.2) is 21.0 Å². The Morgan fingerprint density at radius 2 is 2.24 bits per heavy atom. The van der Waals surface area contributed by atoms with Crippen LogP contribution in [0.5, 0.6) is 5.75 Å². The van der Waals surface area contributed by atoms with E-state index in [0.29, 0.717) is 22.6 Å². The Hall–Kier alpha value is -2.47. The number of hydrogen-bond acceptors (Lipinski definition) is 5. The number of rotatable bonds is 2. The molecule has 5 nitrogen and oxygen atoms in total. The van der Waals surface area contributed by atoms with Crippen molar-refractivity contribution in [3.05, 3.63) is 46.9 Å². The summed E-state index contributed by atoms with van der Waals surface area (Å²) in [5.41, 5.74) is 1.38. The van der Waals surface area contributed by atoms with Gasteiger partial charge in [-0.05, 0) is 37.3 Å². The molecule has 0 fully saturated rings. The largest absolute Gasteiger partial charge is 0.494 e. The molecule has 0 unspecified atom stereocenters. The van der Waals surface area contributed by atoms with Crippen LogP contribution in [0.4, 0.5) is 0 Å². The normalized spacial score (nSPS) is 11.5. The van der Waals surface area contributed by atoms with E-state index in [2.05, 4.69) is 9.97 Å². The fourth-order valence-electron chi connectivity index (χ4n) is 2.43. The zero-order valence-electron chi connectivity index (χ0n) is 11.2. The first kappa shape index (κ1) is 12.3. The first-order chi connectivity index (χ1) is 10.3. The fourth-order valence-corrected chi connectivity index (χ4v) is 3.47. The lowest BCUT2D eigenvalue weighted by Crippen LogP contribution is -2.09. The molecule has 0 bridgehead atoms. The Balaban J connectivity index is 2.17. The summed E-state index contributed by atoms with van der Waals surface area (Å²) in [6.07, 6.45) is 1.69. The van der Waals surface area contributed by atoms with Crippen molar-refractivity contribution in [1.29, 1.82) is 0 Å². The van der Waals surface area contributed by atoms with Crippen LogP contribution in [0.3, 0.4) is 0 Å². The molecule has 0 saturated carbocycles. The Morgan fingerprint density at radius 3 is 3.10 bits per heavy atom. The lowest BCUT2D eigenvalue weighted by Gasteiger charge is -2.03. The highest BCUT2D eigenvalue weighted by atomic mass is 32.1. The van der Waals surface area contributed by atoms with Gasteiger partial charge in [-0.3, -0.25) is 9.20 Å². The van der Waals surface area contributed by atoms with E-state index in [1.54, 1.807) is 18.3 Å². The number of benzene rings is 1. The Labute approximate surface area is 123 Å². The summed E-state index contributed by atoms with van der Waals surface area (Å²) >= 11 is 1.46. The maximum Gasteiger partial charge on any atom is 0.283 e. The van der Waals surface area contributed by atoms with Gasteiger partial charge in [-0.15, -0.1) is 0 Å². The molecule has 0 aliphatic rings. The van der Waals surface area contributed by atoms with E-state index < -0.39 is 0 Å². The van der Waals surface area contributed by atoms with E-state index in [1.165, 1.54) is 11.3 Å². The molecule has 0 atom stereocenters. The summed E-state index contributed by atoms with van der Waals surface area (Å²) in [5.74, 6) is 0.816. The highest BCUT2D eigenvalue weighted by Gasteiger charge is 2.12. The number of pyridine rings is 1. The fraction of sp³-hybridized carbons (Fsp3) is 0.133. The Kier molecular flexibility index (Phi) is 2.65. The molecule has 0 amide bonds. The van der Waals surface area contributed by atoms with Gasteiger partial charge in [0.1, 0.15) is 5.75 Å². The third kappa shape index (κ3) is 1.80. The lowest BCUT2D eigenvalue weighted by atomic mass is 10.3. The molecule has 4 rings (SSSR count). The maximum absolute atomic E-state index is 12.1. The van der Waals surface area contributed by atoms with Gasteiger partial charge in [-0.2, -0.15) is 4.98 Å². The molecule has 0 saturated heterocycles. The SMILES string of the molecule is CCOc1ccc2c(c1)sc1nc(=O)c3cccnc3n12. The number of thiazole rings is 1. The van der Waals surface area contributed by atoms with Crippen molar-refractivity contribution in [3.63, 3.8) is 0 Å². The molecule has 104 valence electrons. The van der Waals surface area contributed by atoms with E-state index in [-0.39, 0.29) is 5.56 Å². The quantitative estimate of drug-likeness (QED) is 0.571. The van der Waals surface area contributed by atoms with Crippen molar-refractivity contribution < 1.29 is 4.74 Å². The molecule has 4 aromatic rings. The first-order valence-electron chi connectivity index (χ1n) is 6.61. The number of fused-ring (bicyclic) bond motifs is 5. The zero-order valence-corrected chi connectivity index (χ0v) is 12.1. The number of hydrogen-bond donors (Lipinski definition) is 0. The van der Waals surface area contributed by atoms with Gasteiger partial charge in [0.2, 0.25) is 0 Å². The molecule has 1 aromatic carbocycles. The third-order valence-electron chi connectivity index (χ3n) is 3.30. The summed E-state index contributed by atoms with van der Waals surface area (Å²) in [4.78, 5) is 21.2. The summed E-state index contributed by atoms with van der Waals surface area (Å²) in [5, 5.41) is 0.531. The molecule has 3 heterocycles. The minimum atomic E-state index is -0.241. The molecule has 0 aliphatic heterocycles. The van der Waals surface area contributed by atoms with E-state index in [4.69, 9.17) is 4.74 Å². The van der Waals surface area contributed by atoms with E-state index in [1.807, 2.05) is 29.5 Å². The summed E-state index contributed by atoms with van der Waals surface area (Å²) in [6.45, 7) is 2.57. The predicted octanol–water partition coefficient (Wildman–Crippen LogP) is 2.86. The van der Waals surface area contributed by atoms with Crippen LogP contribution in [0.15, 0.2) is 41.3 Å². The van der Waals surface area contributed by atoms with Crippen LogP contribution < -0.4 is 10.3 Å². The minimum absolute atomic E-state index is 0.241. The van der Waals surface area contributed by atoms with E-state index in [0.717, 1.165) is 16.0 Å². The zero-order chi connectivity index (χ0) is 14.4. The molecule has 0 spiro atoms. The van der Waals surface area contributed by atoms with Gasteiger partial charge >= 0.3 is 0 Å². The van der Waals surface area contributed by atoms with Gasteiger partial charge in [0.25, 0.3) is 5.56 Å². The second-order valence-corrected chi connectivity index (χ2v) is 5.58. The van der Waals surface area contributed by atoms with Crippen LogP contribution in [0.2, 0.25) is 0 Å². The van der Waals surface area contributed by atoms with Crippen LogP contribution in [0.25, 0.3) is 26.2 Å². The minimum Gasteiger partial charge on any atom is -0.494 e.